The molecular formula is C18H13N3O4. The van der Waals surface area contributed by atoms with Crippen molar-refractivity contribution in [2.45, 2.75) is 0 Å². The molecule has 0 bridgehead atoms. The lowest BCUT2D eigenvalue weighted by Gasteiger charge is -2.07. The number of hydrogen-bond acceptors (Lipinski definition) is 5. The summed E-state index contributed by atoms with van der Waals surface area (Å²) in [4.78, 5) is 24.7. The summed E-state index contributed by atoms with van der Waals surface area (Å²) >= 11 is 0. The molecule has 0 saturated carbocycles. The Balaban J connectivity index is 1.71. The Kier molecular flexibility index (Phi) is 3.46. The topological polar surface area (TPSA) is 85.8 Å². The van der Waals surface area contributed by atoms with E-state index in [-0.39, 0.29) is 5.56 Å². The third-order valence-electron chi connectivity index (χ3n) is 3.85. The van der Waals surface area contributed by atoms with Gasteiger partial charge in [-0.15, -0.1) is 0 Å². The number of benzene rings is 1. The number of methoxy groups -OCH3 is 1. The van der Waals surface area contributed by atoms with Crippen LogP contribution in [-0.4, -0.2) is 22.6 Å². The normalized spacial score (nSPS) is 10.9. The lowest BCUT2D eigenvalue weighted by Crippen LogP contribution is -2.20. The molecule has 3 aromatic heterocycles. The molecule has 3 heterocycles. The predicted molar refractivity (Wildman–Crippen MR) is 92.2 cm³/mol. The Hall–Kier alpha value is -3.61. The summed E-state index contributed by atoms with van der Waals surface area (Å²) in [6, 6.07) is 12.0. The molecule has 0 unspecified atom stereocenters. The van der Waals surface area contributed by atoms with E-state index in [1.165, 1.54) is 13.2 Å². The summed E-state index contributed by atoms with van der Waals surface area (Å²) in [6.45, 7) is 0. The molecule has 0 atom stereocenters. The first-order valence-electron chi connectivity index (χ1n) is 7.51. The van der Waals surface area contributed by atoms with Gasteiger partial charge in [0.2, 0.25) is 0 Å². The van der Waals surface area contributed by atoms with Crippen LogP contribution in [-0.2, 0) is 0 Å². The molecule has 4 aromatic rings. The zero-order chi connectivity index (χ0) is 17.4. The van der Waals surface area contributed by atoms with Crippen molar-refractivity contribution in [3.8, 4) is 5.75 Å². The van der Waals surface area contributed by atoms with Crippen LogP contribution in [0, 0.1) is 0 Å². The van der Waals surface area contributed by atoms with Gasteiger partial charge in [-0.05, 0) is 30.3 Å². The highest BCUT2D eigenvalue weighted by atomic mass is 16.5. The number of ether oxygens (including phenoxy) is 1. The molecule has 1 amide bonds. The van der Waals surface area contributed by atoms with Crippen molar-refractivity contribution in [2.24, 2.45) is 0 Å². The molecule has 1 aromatic carbocycles. The van der Waals surface area contributed by atoms with E-state index in [4.69, 9.17) is 9.15 Å². The maximum atomic E-state index is 12.5. The molecule has 0 aliphatic rings. The van der Waals surface area contributed by atoms with Gasteiger partial charge < -0.3 is 14.5 Å². The van der Waals surface area contributed by atoms with Gasteiger partial charge in [0.1, 0.15) is 5.56 Å². The molecule has 0 fully saturated rings. The number of carbonyl (C=O) groups is 1. The van der Waals surface area contributed by atoms with E-state index >= 15 is 0 Å². The van der Waals surface area contributed by atoms with Gasteiger partial charge in [0.25, 0.3) is 5.91 Å². The molecule has 4 rings (SSSR count). The summed E-state index contributed by atoms with van der Waals surface area (Å²) < 4.78 is 12.1. The van der Waals surface area contributed by atoms with Crippen LogP contribution < -0.4 is 15.7 Å². The highest BCUT2D eigenvalue weighted by Gasteiger charge is 2.16. The maximum Gasteiger partial charge on any atom is 0.349 e. The first kappa shape index (κ1) is 14.9. The number of nitrogens with one attached hydrogen (secondary N) is 1. The van der Waals surface area contributed by atoms with E-state index in [9.17, 15) is 9.59 Å². The monoisotopic (exact) mass is 335 g/mol. The Bertz CT molecular complexity index is 1160. The van der Waals surface area contributed by atoms with Gasteiger partial charge in [-0.1, -0.05) is 12.1 Å². The molecule has 0 saturated heterocycles. The minimum Gasteiger partial charge on any atom is -0.493 e. The number of amides is 1. The standard InChI is InChI=1S/C18H13N3O4/c1-24-15-4-2-3-11-9-14(18(23)25-16(11)15)17(22)20-12-6-8-21-13(10-12)5-7-19-21/h2-10H,1H3,(H,20,22). The van der Waals surface area contributed by atoms with Crippen molar-refractivity contribution in [2.75, 3.05) is 12.4 Å². The number of fused-ring (bicyclic) bond motifs is 2. The molecule has 7 nitrogen and oxygen atoms in total. The largest absolute Gasteiger partial charge is 0.493 e. The van der Waals surface area contributed by atoms with Gasteiger partial charge in [0.05, 0.1) is 12.6 Å². The second-order valence-electron chi connectivity index (χ2n) is 5.40. The van der Waals surface area contributed by atoms with Gasteiger partial charge in [0, 0.05) is 23.5 Å². The smallest absolute Gasteiger partial charge is 0.349 e. The quantitative estimate of drug-likeness (QED) is 0.582. The number of anilines is 1. The van der Waals surface area contributed by atoms with Crippen molar-refractivity contribution >= 4 is 28.1 Å². The second kappa shape index (κ2) is 5.79. The first-order chi connectivity index (χ1) is 12.2. The zero-order valence-corrected chi connectivity index (χ0v) is 13.2. The lowest BCUT2D eigenvalue weighted by atomic mass is 10.1. The summed E-state index contributed by atoms with van der Waals surface area (Å²) in [5, 5.41) is 7.40. The number of para-hydroxylation sites is 1. The molecule has 0 aliphatic carbocycles. The fourth-order valence-corrected chi connectivity index (χ4v) is 2.63. The Morgan fingerprint density at radius 2 is 2.12 bits per heavy atom. The highest BCUT2D eigenvalue weighted by molar-refractivity contribution is 6.05. The molecule has 7 heteroatoms. The SMILES string of the molecule is COc1cccc2cc(C(=O)Nc3ccn4nccc4c3)c(=O)oc12. The fourth-order valence-electron chi connectivity index (χ4n) is 2.63. The van der Waals surface area contributed by atoms with Crippen LogP contribution in [0.3, 0.4) is 0 Å². The van der Waals surface area contributed by atoms with Gasteiger partial charge in [-0.3, -0.25) is 4.79 Å². The summed E-state index contributed by atoms with van der Waals surface area (Å²) in [5.41, 5.74) is 0.900. The van der Waals surface area contributed by atoms with Crippen molar-refractivity contribution in [1.82, 2.24) is 9.61 Å². The maximum absolute atomic E-state index is 12.5. The van der Waals surface area contributed by atoms with Crippen LogP contribution in [0.1, 0.15) is 10.4 Å². The number of carbonyl (C=O) groups excluding carboxylic acids is 1. The summed E-state index contributed by atoms with van der Waals surface area (Å²) in [7, 11) is 1.49. The van der Waals surface area contributed by atoms with Gasteiger partial charge in [-0.25, -0.2) is 9.31 Å². The zero-order valence-electron chi connectivity index (χ0n) is 13.2. The Morgan fingerprint density at radius 1 is 1.24 bits per heavy atom. The van der Waals surface area contributed by atoms with Crippen LogP contribution in [0.2, 0.25) is 0 Å². The molecule has 25 heavy (non-hydrogen) atoms. The lowest BCUT2D eigenvalue weighted by molar-refractivity contribution is 0.102. The molecule has 0 radical (unpaired) electrons. The van der Waals surface area contributed by atoms with Gasteiger partial charge >= 0.3 is 5.63 Å². The average Bonchev–Trinajstić information content (AvgIpc) is 3.08. The third-order valence-corrected chi connectivity index (χ3v) is 3.85. The van der Waals surface area contributed by atoms with E-state index in [2.05, 4.69) is 10.4 Å². The second-order valence-corrected chi connectivity index (χ2v) is 5.40. The van der Waals surface area contributed by atoms with Crippen molar-refractivity contribution in [1.29, 1.82) is 0 Å². The van der Waals surface area contributed by atoms with Crippen molar-refractivity contribution in [3.05, 3.63) is 70.8 Å². The first-order valence-corrected chi connectivity index (χ1v) is 7.51. The molecule has 0 aliphatic heterocycles. The van der Waals surface area contributed by atoms with Crippen LogP contribution in [0.5, 0.6) is 5.75 Å². The van der Waals surface area contributed by atoms with Crippen LogP contribution in [0.4, 0.5) is 5.69 Å². The third kappa shape index (κ3) is 2.61. The summed E-state index contributed by atoms with van der Waals surface area (Å²) in [6.07, 6.45) is 3.38. The highest BCUT2D eigenvalue weighted by Crippen LogP contribution is 2.24. The van der Waals surface area contributed by atoms with E-state index < -0.39 is 11.5 Å². The van der Waals surface area contributed by atoms with Gasteiger partial charge in [-0.2, -0.15) is 5.10 Å². The van der Waals surface area contributed by atoms with Crippen molar-refractivity contribution in [3.63, 3.8) is 0 Å². The number of nitrogens with zero attached hydrogens (tertiary/aromatic N) is 2. The Morgan fingerprint density at radius 3 is 2.96 bits per heavy atom. The van der Waals surface area contributed by atoms with Crippen LogP contribution in [0.15, 0.2) is 64.1 Å². The predicted octanol–water partition coefficient (Wildman–Crippen LogP) is 2.70. The minimum atomic E-state index is -0.722. The summed E-state index contributed by atoms with van der Waals surface area (Å²) in [5.74, 6) is -0.102. The molecular weight excluding hydrogens is 322 g/mol. The molecule has 124 valence electrons. The fraction of sp³-hybridized carbons (Fsp3) is 0.0556. The van der Waals surface area contributed by atoms with E-state index in [1.54, 1.807) is 47.2 Å². The number of hydrogen-bond donors (Lipinski definition) is 1. The number of rotatable bonds is 3. The van der Waals surface area contributed by atoms with Crippen molar-refractivity contribution < 1.29 is 13.9 Å². The van der Waals surface area contributed by atoms with Crippen LogP contribution >= 0.6 is 0 Å². The van der Waals surface area contributed by atoms with E-state index in [0.717, 1.165) is 5.52 Å². The van der Waals surface area contributed by atoms with Gasteiger partial charge in [0.15, 0.2) is 11.3 Å². The minimum absolute atomic E-state index is 0.0749. The average molecular weight is 335 g/mol. The van der Waals surface area contributed by atoms with E-state index in [1.807, 2.05) is 6.07 Å². The number of pyridine rings is 1. The van der Waals surface area contributed by atoms with E-state index in [0.29, 0.717) is 22.4 Å². The molecule has 0 spiro atoms. The van der Waals surface area contributed by atoms with Crippen LogP contribution in [0.25, 0.3) is 16.5 Å². The Labute approximate surface area is 141 Å². The number of aromatic nitrogens is 2. The molecule has 1 N–H and O–H groups in total.